The highest BCUT2D eigenvalue weighted by Crippen LogP contribution is 2.22. The lowest BCUT2D eigenvalue weighted by molar-refractivity contribution is -0.384. The van der Waals surface area contributed by atoms with Crippen LogP contribution < -0.4 is 0 Å². The van der Waals surface area contributed by atoms with Crippen LogP contribution in [0.25, 0.3) is 11.1 Å². The highest BCUT2D eigenvalue weighted by molar-refractivity contribution is 5.75. The summed E-state index contributed by atoms with van der Waals surface area (Å²) in [5, 5.41) is 10.8. The summed E-state index contributed by atoms with van der Waals surface area (Å²) >= 11 is 0. The number of non-ortho nitro benzene ring substituents is 1. The molecule has 5 heteroatoms. The van der Waals surface area contributed by atoms with Gasteiger partial charge >= 0.3 is 0 Å². The Bertz CT molecular complexity index is 681. The summed E-state index contributed by atoms with van der Waals surface area (Å²) in [6, 6.07) is 4.58. The van der Waals surface area contributed by atoms with Crippen LogP contribution in [0.15, 0.2) is 22.6 Å². The molecule has 0 N–H and O–H groups in total. The van der Waals surface area contributed by atoms with Crippen molar-refractivity contribution in [3.63, 3.8) is 0 Å². The number of hydrogen-bond acceptors (Lipinski definition) is 4. The highest BCUT2D eigenvalue weighted by atomic mass is 16.6. The molecule has 1 aromatic carbocycles. The average Bonchev–Trinajstić information content (AvgIpc) is 3.07. The quantitative estimate of drug-likeness (QED) is 0.185. The third-order valence-electron chi connectivity index (χ3n) is 5.12. The zero-order valence-corrected chi connectivity index (χ0v) is 16.8. The summed E-state index contributed by atoms with van der Waals surface area (Å²) in [6.45, 7) is 2.27. The minimum atomic E-state index is -0.409. The van der Waals surface area contributed by atoms with Crippen molar-refractivity contribution in [3.8, 4) is 0 Å². The molecule has 0 fully saturated rings. The zero-order chi connectivity index (χ0) is 19.3. The van der Waals surface area contributed by atoms with Crippen molar-refractivity contribution < 1.29 is 9.34 Å². The number of rotatable bonds is 15. The predicted octanol–water partition coefficient (Wildman–Crippen LogP) is 7.37. The average molecular weight is 375 g/mol. The second-order valence-electron chi connectivity index (χ2n) is 7.51. The van der Waals surface area contributed by atoms with E-state index in [-0.39, 0.29) is 5.69 Å². The lowest BCUT2D eigenvalue weighted by Crippen LogP contribution is -1.87. The molecular weight excluding hydrogens is 340 g/mol. The second kappa shape index (κ2) is 12.5. The van der Waals surface area contributed by atoms with Gasteiger partial charge in [-0.3, -0.25) is 10.1 Å². The molecule has 0 unspecified atom stereocenters. The standard InChI is InChI=1S/C22H34N2O3/c1-2-3-4-5-6-7-8-9-10-11-12-13-14-15-22-23-20-17-16-19(24(25)26)18-21(20)27-22/h16-18H,2-15H2,1H3. The Labute approximate surface area is 162 Å². The van der Waals surface area contributed by atoms with Crippen molar-refractivity contribution in [1.29, 1.82) is 0 Å². The van der Waals surface area contributed by atoms with Crippen LogP contribution in [0.3, 0.4) is 0 Å². The van der Waals surface area contributed by atoms with Crippen LogP contribution in [-0.4, -0.2) is 9.91 Å². The number of aromatic nitrogens is 1. The van der Waals surface area contributed by atoms with E-state index in [4.69, 9.17) is 4.42 Å². The van der Waals surface area contributed by atoms with Gasteiger partial charge in [-0.05, 0) is 12.5 Å². The monoisotopic (exact) mass is 374 g/mol. The highest BCUT2D eigenvalue weighted by Gasteiger charge is 2.11. The van der Waals surface area contributed by atoms with Crippen molar-refractivity contribution in [1.82, 2.24) is 4.98 Å². The second-order valence-corrected chi connectivity index (χ2v) is 7.51. The number of unbranched alkanes of at least 4 members (excludes halogenated alkanes) is 12. The molecule has 1 aromatic heterocycles. The van der Waals surface area contributed by atoms with E-state index in [1.165, 1.54) is 89.2 Å². The predicted molar refractivity (Wildman–Crippen MR) is 110 cm³/mol. The number of nitrogens with zero attached hydrogens (tertiary/aromatic N) is 2. The number of nitro groups is 1. The molecule has 5 nitrogen and oxygen atoms in total. The van der Waals surface area contributed by atoms with E-state index in [1.807, 2.05) is 0 Å². The number of oxazole rings is 1. The maximum Gasteiger partial charge on any atom is 0.273 e. The first-order chi connectivity index (χ1) is 13.2. The molecular formula is C22H34N2O3. The number of aryl methyl sites for hydroxylation is 1. The summed E-state index contributed by atoms with van der Waals surface area (Å²) in [6.07, 6.45) is 18.1. The van der Waals surface area contributed by atoms with E-state index in [9.17, 15) is 10.1 Å². The minimum absolute atomic E-state index is 0.0474. The fourth-order valence-corrected chi connectivity index (χ4v) is 3.48. The first-order valence-corrected chi connectivity index (χ1v) is 10.7. The maximum atomic E-state index is 10.8. The molecule has 0 bridgehead atoms. The Morgan fingerprint density at radius 2 is 1.44 bits per heavy atom. The summed E-state index contributed by atoms with van der Waals surface area (Å²) < 4.78 is 5.65. The van der Waals surface area contributed by atoms with Gasteiger partial charge in [-0.25, -0.2) is 4.98 Å². The Morgan fingerprint density at radius 1 is 0.889 bits per heavy atom. The zero-order valence-electron chi connectivity index (χ0n) is 16.8. The van der Waals surface area contributed by atoms with E-state index < -0.39 is 4.92 Å². The molecule has 0 aliphatic rings. The van der Waals surface area contributed by atoms with Crippen LogP contribution in [0.1, 0.15) is 96.3 Å². The van der Waals surface area contributed by atoms with Crippen LogP contribution in [0.2, 0.25) is 0 Å². The van der Waals surface area contributed by atoms with Crippen molar-refractivity contribution in [3.05, 3.63) is 34.2 Å². The smallest absolute Gasteiger partial charge is 0.273 e. The summed E-state index contributed by atoms with van der Waals surface area (Å²) in [5.74, 6) is 0.688. The first-order valence-electron chi connectivity index (χ1n) is 10.7. The summed E-state index contributed by atoms with van der Waals surface area (Å²) in [4.78, 5) is 14.8. The van der Waals surface area contributed by atoms with Gasteiger partial charge < -0.3 is 4.42 Å². The third-order valence-corrected chi connectivity index (χ3v) is 5.12. The molecule has 0 amide bonds. The van der Waals surface area contributed by atoms with Gasteiger partial charge in [0.25, 0.3) is 5.69 Å². The Balaban J connectivity index is 1.50. The molecule has 27 heavy (non-hydrogen) atoms. The third kappa shape index (κ3) is 8.10. The Hall–Kier alpha value is -1.91. The van der Waals surface area contributed by atoms with Gasteiger partial charge in [0, 0.05) is 12.5 Å². The largest absolute Gasteiger partial charge is 0.440 e. The van der Waals surface area contributed by atoms with Crippen LogP contribution in [0.4, 0.5) is 5.69 Å². The van der Waals surface area contributed by atoms with Gasteiger partial charge in [0.1, 0.15) is 5.52 Å². The number of nitro benzene ring substituents is 1. The normalized spacial score (nSPS) is 11.3. The molecule has 0 saturated heterocycles. The van der Waals surface area contributed by atoms with Crippen LogP contribution in [-0.2, 0) is 6.42 Å². The lowest BCUT2D eigenvalue weighted by atomic mass is 10.0. The minimum Gasteiger partial charge on any atom is -0.440 e. The van der Waals surface area contributed by atoms with Crippen molar-refractivity contribution in [2.24, 2.45) is 0 Å². The number of fused-ring (bicyclic) bond motifs is 1. The van der Waals surface area contributed by atoms with E-state index in [2.05, 4.69) is 11.9 Å². The van der Waals surface area contributed by atoms with E-state index >= 15 is 0 Å². The van der Waals surface area contributed by atoms with Crippen LogP contribution >= 0.6 is 0 Å². The molecule has 0 radical (unpaired) electrons. The first kappa shape index (κ1) is 21.4. The van der Waals surface area contributed by atoms with E-state index in [0.29, 0.717) is 17.0 Å². The van der Waals surface area contributed by atoms with Crippen molar-refractivity contribution in [2.75, 3.05) is 0 Å². The van der Waals surface area contributed by atoms with Gasteiger partial charge in [-0.1, -0.05) is 84.0 Å². The molecule has 0 aliphatic carbocycles. The van der Waals surface area contributed by atoms with E-state index in [0.717, 1.165) is 12.8 Å². The van der Waals surface area contributed by atoms with Gasteiger partial charge in [0.2, 0.25) is 0 Å². The van der Waals surface area contributed by atoms with Gasteiger partial charge in [-0.15, -0.1) is 0 Å². The summed E-state index contributed by atoms with van der Waals surface area (Å²) in [5.41, 5.74) is 1.25. The molecule has 2 rings (SSSR count). The van der Waals surface area contributed by atoms with Gasteiger partial charge in [0.05, 0.1) is 11.0 Å². The molecule has 0 aliphatic heterocycles. The molecule has 150 valence electrons. The fourth-order valence-electron chi connectivity index (χ4n) is 3.48. The Kier molecular flexibility index (Phi) is 9.88. The number of hydrogen-bond donors (Lipinski definition) is 0. The SMILES string of the molecule is CCCCCCCCCCCCCCCc1nc2ccc([N+](=O)[O-])cc2o1. The lowest BCUT2D eigenvalue weighted by Gasteiger charge is -2.02. The molecule has 0 atom stereocenters. The molecule has 0 spiro atoms. The Morgan fingerprint density at radius 3 is 2.00 bits per heavy atom. The van der Waals surface area contributed by atoms with Crippen LogP contribution in [0, 0.1) is 10.1 Å². The van der Waals surface area contributed by atoms with Gasteiger partial charge in [0.15, 0.2) is 11.5 Å². The number of benzene rings is 1. The molecule has 1 heterocycles. The maximum absolute atomic E-state index is 10.8. The van der Waals surface area contributed by atoms with E-state index in [1.54, 1.807) is 6.07 Å². The molecule has 2 aromatic rings. The topological polar surface area (TPSA) is 69.2 Å². The van der Waals surface area contributed by atoms with Gasteiger partial charge in [-0.2, -0.15) is 0 Å². The van der Waals surface area contributed by atoms with Crippen LogP contribution in [0.5, 0.6) is 0 Å². The van der Waals surface area contributed by atoms with Crippen molar-refractivity contribution >= 4 is 16.8 Å². The summed E-state index contributed by atoms with van der Waals surface area (Å²) in [7, 11) is 0. The van der Waals surface area contributed by atoms with Crippen molar-refractivity contribution in [2.45, 2.75) is 96.8 Å². The molecule has 0 saturated carbocycles. The fraction of sp³-hybridized carbons (Fsp3) is 0.682.